The smallest absolute Gasteiger partial charge is 0.241 e. The predicted octanol–water partition coefficient (Wildman–Crippen LogP) is 3.21. The standard InChI is InChI=1S/C22H28N4O.2ClH/c23-20-8-3-5-18(15-20)16-24-11-13-25(14-12-24)17-22(27)26-10-4-7-19-6-1-2-9-21(19)26;;/h1-3,5-6,8-9,15H,4,7,10-14,16-17,23H2;2*1H. The van der Waals surface area contributed by atoms with E-state index in [1.165, 1.54) is 11.1 Å². The summed E-state index contributed by atoms with van der Waals surface area (Å²) in [5.74, 6) is 0.228. The molecule has 2 aromatic rings. The van der Waals surface area contributed by atoms with Crippen molar-refractivity contribution in [3.63, 3.8) is 0 Å². The number of para-hydroxylation sites is 1. The summed E-state index contributed by atoms with van der Waals surface area (Å²) < 4.78 is 0. The van der Waals surface area contributed by atoms with Crippen LogP contribution in [0, 0.1) is 0 Å². The van der Waals surface area contributed by atoms with Gasteiger partial charge in [0.1, 0.15) is 0 Å². The van der Waals surface area contributed by atoms with Gasteiger partial charge < -0.3 is 10.6 Å². The monoisotopic (exact) mass is 436 g/mol. The van der Waals surface area contributed by atoms with Gasteiger partial charge in [0.25, 0.3) is 0 Å². The number of piperazine rings is 1. The Morgan fingerprint density at radius 1 is 0.897 bits per heavy atom. The first-order valence-electron chi connectivity index (χ1n) is 9.86. The van der Waals surface area contributed by atoms with E-state index in [1.54, 1.807) is 0 Å². The van der Waals surface area contributed by atoms with Crippen LogP contribution in [0.15, 0.2) is 48.5 Å². The normalized spacial score (nSPS) is 17.0. The third-order valence-corrected chi connectivity index (χ3v) is 5.59. The zero-order valence-electron chi connectivity index (χ0n) is 16.6. The molecule has 0 saturated carbocycles. The molecule has 2 aliphatic rings. The Balaban J connectivity index is 0.00000150. The van der Waals surface area contributed by atoms with Crippen LogP contribution in [0.2, 0.25) is 0 Å². The molecule has 0 radical (unpaired) electrons. The van der Waals surface area contributed by atoms with E-state index >= 15 is 0 Å². The fourth-order valence-corrected chi connectivity index (χ4v) is 4.12. The lowest BCUT2D eigenvalue weighted by Gasteiger charge is -2.36. The zero-order valence-corrected chi connectivity index (χ0v) is 18.3. The van der Waals surface area contributed by atoms with Crippen LogP contribution in [0.1, 0.15) is 17.5 Å². The Kier molecular flexibility index (Phi) is 8.78. The maximum atomic E-state index is 12.9. The van der Waals surface area contributed by atoms with Gasteiger partial charge in [-0.2, -0.15) is 0 Å². The van der Waals surface area contributed by atoms with Crippen LogP contribution in [-0.4, -0.2) is 55.0 Å². The van der Waals surface area contributed by atoms with Crippen molar-refractivity contribution in [2.75, 3.05) is 49.9 Å². The van der Waals surface area contributed by atoms with Crippen LogP contribution in [-0.2, 0) is 17.8 Å². The van der Waals surface area contributed by atoms with Crippen LogP contribution in [0.25, 0.3) is 0 Å². The van der Waals surface area contributed by atoms with E-state index in [0.717, 1.165) is 63.5 Å². The molecular weight excluding hydrogens is 407 g/mol. The summed E-state index contributed by atoms with van der Waals surface area (Å²) in [5.41, 5.74) is 10.3. The maximum absolute atomic E-state index is 12.9. The first-order valence-corrected chi connectivity index (χ1v) is 9.86. The summed E-state index contributed by atoms with van der Waals surface area (Å²) in [6, 6.07) is 16.4. The van der Waals surface area contributed by atoms with E-state index in [2.05, 4.69) is 34.1 Å². The molecular formula is C22H30Cl2N4O. The van der Waals surface area contributed by atoms with Crippen molar-refractivity contribution >= 4 is 42.1 Å². The average molecular weight is 437 g/mol. The molecule has 2 aromatic carbocycles. The van der Waals surface area contributed by atoms with E-state index in [4.69, 9.17) is 5.73 Å². The van der Waals surface area contributed by atoms with Crippen molar-refractivity contribution in [2.45, 2.75) is 19.4 Å². The summed E-state index contributed by atoms with van der Waals surface area (Å²) in [6.07, 6.45) is 2.12. The quantitative estimate of drug-likeness (QED) is 0.747. The third kappa shape index (κ3) is 5.86. The number of anilines is 2. The van der Waals surface area contributed by atoms with Crippen LogP contribution >= 0.6 is 24.8 Å². The highest BCUT2D eigenvalue weighted by Crippen LogP contribution is 2.26. The van der Waals surface area contributed by atoms with Crippen molar-refractivity contribution in [1.82, 2.24) is 9.80 Å². The number of nitrogens with zero attached hydrogens (tertiary/aromatic N) is 3. The number of hydrogen-bond donors (Lipinski definition) is 1. The second-order valence-electron chi connectivity index (χ2n) is 7.57. The highest BCUT2D eigenvalue weighted by Gasteiger charge is 2.25. The number of nitrogen functional groups attached to an aromatic ring is 1. The second kappa shape index (κ2) is 10.8. The summed E-state index contributed by atoms with van der Waals surface area (Å²) in [7, 11) is 0. The molecule has 0 unspecified atom stereocenters. The number of fused-ring (bicyclic) bond motifs is 1. The van der Waals surface area contributed by atoms with Gasteiger partial charge in [-0.1, -0.05) is 30.3 Å². The van der Waals surface area contributed by atoms with Crippen molar-refractivity contribution in [3.05, 3.63) is 59.7 Å². The molecule has 4 rings (SSSR count). The molecule has 2 heterocycles. The Labute approximate surface area is 185 Å². The zero-order chi connectivity index (χ0) is 18.6. The number of nitrogens with two attached hydrogens (primary N) is 1. The molecule has 1 amide bonds. The molecule has 29 heavy (non-hydrogen) atoms. The number of rotatable bonds is 4. The Bertz CT molecular complexity index is 809. The molecule has 0 spiro atoms. The highest BCUT2D eigenvalue weighted by atomic mass is 35.5. The Morgan fingerprint density at radius 3 is 2.38 bits per heavy atom. The van der Waals surface area contributed by atoms with Gasteiger partial charge in [0.05, 0.1) is 6.54 Å². The molecule has 0 atom stereocenters. The summed E-state index contributed by atoms with van der Waals surface area (Å²) >= 11 is 0. The van der Waals surface area contributed by atoms with Crippen molar-refractivity contribution in [2.24, 2.45) is 0 Å². The molecule has 1 saturated heterocycles. The summed E-state index contributed by atoms with van der Waals surface area (Å²) in [6.45, 7) is 6.11. The van der Waals surface area contributed by atoms with Crippen molar-refractivity contribution < 1.29 is 4.79 Å². The van der Waals surface area contributed by atoms with Crippen LogP contribution in [0.3, 0.4) is 0 Å². The molecule has 7 heteroatoms. The van der Waals surface area contributed by atoms with Gasteiger partial charge in [-0.15, -0.1) is 24.8 Å². The Hall–Kier alpha value is -1.79. The minimum atomic E-state index is 0. The number of benzene rings is 2. The van der Waals surface area contributed by atoms with E-state index < -0.39 is 0 Å². The number of aryl methyl sites for hydroxylation is 1. The van der Waals surface area contributed by atoms with Gasteiger partial charge in [0.15, 0.2) is 0 Å². The van der Waals surface area contributed by atoms with E-state index in [0.29, 0.717) is 6.54 Å². The minimum Gasteiger partial charge on any atom is -0.399 e. The lowest BCUT2D eigenvalue weighted by molar-refractivity contribution is -0.120. The lowest BCUT2D eigenvalue weighted by atomic mass is 10.0. The van der Waals surface area contributed by atoms with Crippen LogP contribution in [0.4, 0.5) is 11.4 Å². The molecule has 0 bridgehead atoms. The number of halogens is 2. The molecule has 0 aliphatic carbocycles. The molecule has 1 fully saturated rings. The highest BCUT2D eigenvalue weighted by molar-refractivity contribution is 5.96. The predicted molar refractivity (Wildman–Crippen MR) is 124 cm³/mol. The van der Waals surface area contributed by atoms with Crippen LogP contribution < -0.4 is 10.6 Å². The summed E-state index contributed by atoms with van der Waals surface area (Å²) in [4.78, 5) is 19.6. The Morgan fingerprint density at radius 2 is 1.62 bits per heavy atom. The number of amides is 1. The number of hydrogen-bond acceptors (Lipinski definition) is 4. The minimum absolute atomic E-state index is 0. The van der Waals surface area contributed by atoms with E-state index in [9.17, 15) is 4.79 Å². The van der Waals surface area contributed by atoms with Gasteiger partial charge in [0, 0.05) is 50.6 Å². The number of carbonyl (C=O) groups excluding carboxylic acids is 1. The topological polar surface area (TPSA) is 52.8 Å². The van der Waals surface area contributed by atoms with Gasteiger partial charge in [0.2, 0.25) is 5.91 Å². The number of carbonyl (C=O) groups is 1. The molecule has 2 aliphatic heterocycles. The lowest BCUT2D eigenvalue weighted by Crippen LogP contribution is -2.50. The van der Waals surface area contributed by atoms with Crippen LogP contribution in [0.5, 0.6) is 0 Å². The first kappa shape index (κ1) is 23.5. The largest absolute Gasteiger partial charge is 0.399 e. The van der Waals surface area contributed by atoms with Gasteiger partial charge >= 0.3 is 0 Å². The third-order valence-electron chi connectivity index (χ3n) is 5.59. The fraction of sp³-hybridized carbons (Fsp3) is 0.409. The molecule has 5 nitrogen and oxygen atoms in total. The second-order valence-corrected chi connectivity index (χ2v) is 7.57. The molecule has 2 N–H and O–H groups in total. The van der Waals surface area contributed by atoms with Gasteiger partial charge in [-0.05, 0) is 42.2 Å². The SMILES string of the molecule is Cl.Cl.Nc1cccc(CN2CCN(CC(=O)N3CCCc4ccccc43)CC2)c1. The van der Waals surface area contributed by atoms with Crippen molar-refractivity contribution in [1.29, 1.82) is 0 Å². The van der Waals surface area contributed by atoms with Crippen molar-refractivity contribution in [3.8, 4) is 0 Å². The van der Waals surface area contributed by atoms with Gasteiger partial charge in [-0.3, -0.25) is 14.6 Å². The molecule has 158 valence electrons. The summed E-state index contributed by atoms with van der Waals surface area (Å²) in [5, 5.41) is 0. The maximum Gasteiger partial charge on any atom is 0.241 e. The van der Waals surface area contributed by atoms with Gasteiger partial charge in [-0.25, -0.2) is 0 Å². The van der Waals surface area contributed by atoms with E-state index in [1.807, 2.05) is 29.2 Å². The fourth-order valence-electron chi connectivity index (χ4n) is 4.12. The molecule has 0 aromatic heterocycles. The first-order chi connectivity index (χ1) is 13.2. The average Bonchev–Trinajstić information content (AvgIpc) is 2.69. The van der Waals surface area contributed by atoms with E-state index in [-0.39, 0.29) is 30.7 Å².